The molecule has 4 nitrogen and oxygen atoms in total. The average Bonchev–Trinajstić information content (AvgIpc) is 2.75. The molecule has 1 aliphatic rings. The zero-order valence-electron chi connectivity index (χ0n) is 19.1. The Morgan fingerprint density at radius 2 is 1.87 bits per heavy atom. The lowest BCUT2D eigenvalue weighted by Gasteiger charge is -2.34. The molecule has 3 N–H and O–H groups in total. The average molecular weight is 433 g/mol. The van der Waals surface area contributed by atoms with Crippen molar-refractivity contribution in [2.45, 2.75) is 66.2 Å². The van der Waals surface area contributed by atoms with Crippen molar-refractivity contribution in [1.29, 1.82) is 0 Å². The van der Waals surface area contributed by atoms with Crippen LogP contribution in [0.5, 0.6) is 0 Å². The number of carbonyl (C=O) groups is 1. The van der Waals surface area contributed by atoms with Crippen LogP contribution in [0.4, 0.5) is 0 Å². The van der Waals surface area contributed by atoms with Crippen LogP contribution in [0.25, 0.3) is 0 Å². The first kappa shape index (κ1) is 26.0. The summed E-state index contributed by atoms with van der Waals surface area (Å²) in [4.78, 5) is 13.1. The van der Waals surface area contributed by atoms with Crippen LogP contribution >= 0.6 is 11.6 Å². The lowest BCUT2D eigenvalue weighted by Crippen LogP contribution is -2.31. The van der Waals surface area contributed by atoms with Crippen LogP contribution in [0.3, 0.4) is 0 Å². The number of carbonyl (C=O) groups excluding carboxylic acids is 1. The monoisotopic (exact) mass is 432 g/mol. The number of allylic oxidation sites excluding steroid dienone is 4. The van der Waals surface area contributed by atoms with Gasteiger partial charge in [-0.25, -0.2) is 4.79 Å². The molecule has 0 fully saturated rings. The molecule has 1 aromatic carbocycles. The van der Waals surface area contributed by atoms with E-state index in [0.717, 1.165) is 53.8 Å². The van der Waals surface area contributed by atoms with E-state index in [1.54, 1.807) is 0 Å². The van der Waals surface area contributed by atoms with Crippen LogP contribution in [0.15, 0.2) is 59.0 Å². The van der Waals surface area contributed by atoms with Gasteiger partial charge in [-0.2, -0.15) is 0 Å². The van der Waals surface area contributed by atoms with Gasteiger partial charge in [0.2, 0.25) is 0 Å². The number of ether oxygens (including phenoxy) is 1. The van der Waals surface area contributed by atoms with Crippen LogP contribution in [-0.2, 0) is 9.53 Å². The summed E-state index contributed by atoms with van der Waals surface area (Å²) in [6, 6.07) is 7.68. The van der Waals surface area contributed by atoms with E-state index in [2.05, 4.69) is 18.8 Å². The van der Waals surface area contributed by atoms with Gasteiger partial charge >= 0.3 is 5.97 Å². The number of nitrogens with two attached hydrogens (primary N) is 1. The maximum atomic E-state index is 13.1. The second kappa shape index (κ2) is 13.3. The number of unbranched alkanes of at least 4 members (excludes halogenated alkanes) is 1. The van der Waals surface area contributed by atoms with Gasteiger partial charge in [0.05, 0.1) is 12.2 Å². The normalized spacial score (nSPS) is 15.9. The highest BCUT2D eigenvalue weighted by molar-refractivity contribution is 6.31. The Kier molecular flexibility index (Phi) is 11.5. The molecule has 0 spiro atoms. The molecule has 0 radical (unpaired) electrons. The van der Waals surface area contributed by atoms with E-state index in [0.29, 0.717) is 23.7 Å². The van der Waals surface area contributed by atoms with Crippen molar-refractivity contribution in [3.05, 3.63) is 69.5 Å². The van der Waals surface area contributed by atoms with Gasteiger partial charge in [0.25, 0.3) is 0 Å². The molecule has 166 valence electrons. The summed E-state index contributed by atoms with van der Waals surface area (Å²) in [5, 5.41) is 4.09. The maximum absolute atomic E-state index is 13.1. The zero-order chi connectivity index (χ0) is 22.7. The summed E-state index contributed by atoms with van der Waals surface area (Å²) < 4.78 is 5.45. The van der Waals surface area contributed by atoms with E-state index in [4.69, 9.17) is 22.1 Å². The van der Waals surface area contributed by atoms with Crippen molar-refractivity contribution in [3.63, 3.8) is 0 Å². The molecular formula is C25H37ClN2O2. The van der Waals surface area contributed by atoms with E-state index in [9.17, 15) is 4.79 Å². The van der Waals surface area contributed by atoms with Gasteiger partial charge in [-0.05, 0) is 68.9 Å². The molecule has 1 atom stereocenters. The summed E-state index contributed by atoms with van der Waals surface area (Å²) >= 11 is 6.58. The van der Waals surface area contributed by atoms with Gasteiger partial charge in [-0.15, -0.1) is 0 Å². The molecule has 0 amide bonds. The zero-order valence-corrected chi connectivity index (χ0v) is 19.9. The Morgan fingerprint density at radius 3 is 2.43 bits per heavy atom. The minimum atomic E-state index is -0.309. The Labute approximate surface area is 187 Å². The number of hydrogen-bond donors (Lipinski definition) is 2. The van der Waals surface area contributed by atoms with Crippen LogP contribution in [0, 0.1) is 0 Å². The van der Waals surface area contributed by atoms with Crippen LogP contribution in [0.2, 0.25) is 5.02 Å². The third-order valence-electron chi connectivity index (χ3n) is 5.05. The third kappa shape index (κ3) is 6.23. The van der Waals surface area contributed by atoms with Gasteiger partial charge in [-0.3, -0.25) is 0 Å². The fourth-order valence-corrected chi connectivity index (χ4v) is 3.91. The smallest absolute Gasteiger partial charge is 0.336 e. The summed E-state index contributed by atoms with van der Waals surface area (Å²) in [7, 11) is 0. The summed E-state index contributed by atoms with van der Waals surface area (Å²) in [5.41, 5.74) is 11.1. The topological polar surface area (TPSA) is 64.3 Å². The first-order valence-corrected chi connectivity index (χ1v) is 11.3. The quantitative estimate of drug-likeness (QED) is 0.358. The third-order valence-corrected chi connectivity index (χ3v) is 5.39. The highest BCUT2D eigenvalue weighted by Gasteiger charge is 2.36. The van der Waals surface area contributed by atoms with Gasteiger partial charge in [0.1, 0.15) is 0 Å². The fraction of sp³-hybridized carbons (Fsp3) is 0.480. The van der Waals surface area contributed by atoms with Crippen LogP contribution in [-0.4, -0.2) is 19.1 Å². The summed E-state index contributed by atoms with van der Waals surface area (Å²) in [6.07, 6.45) is 3.31. The standard InChI is InChI=1S/C23H31ClN2O2.C2H6/c1-5-15(3)20-16(4)26-19(13-9-10-14-25)22(23(27)28-6-2)21(20)17-11-7-8-12-18(17)24;1-2/h7-8,11-12,21,26H,3,5-6,9-10,13-14,25H2,1-2,4H3;1-2H3. The van der Waals surface area contributed by atoms with Crippen molar-refractivity contribution in [3.8, 4) is 0 Å². The maximum Gasteiger partial charge on any atom is 0.336 e. The minimum absolute atomic E-state index is 0.297. The van der Waals surface area contributed by atoms with Gasteiger partial charge in [-0.1, -0.05) is 57.2 Å². The van der Waals surface area contributed by atoms with Crippen LogP contribution in [0.1, 0.15) is 71.8 Å². The molecule has 0 saturated carbocycles. The van der Waals surface area contributed by atoms with Crippen molar-refractivity contribution < 1.29 is 9.53 Å². The van der Waals surface area contributed by atoms with Gasteiger partial charge in [0.15, 0.2) is 0 Å². The Morgan fingerprint density at radius 1 is 1.20 bits per heavy atom. The van der Waals surface area contributed by atoms with Crippen molar-refractivity contribution in [1.82, 2.24) is 5.32 Å². The summed E-state index contributed by atoms with van der Waals surface area (Å²) in [6.45, 7) is 15.1. The number of hydrogen-bond acceptors (Lipinski definition) is 4. The number of rotatable bonds is 9. The SMILES string of the molecule is C=C(CC)C1=C(C)NC(CCCCN)=C(C(=O)OCC)C1c1ccccc1Cl.CC. The highest BCUT2D eigenvalue weighted by atomic mass is 35.5. The van der Waals surface area contributed by atoms with E-state index in [1.807, 2.05) is 52.0 Å². The first-order chi connectivity index (χ1) is 14.5. The van der Waals surface area contributed by atoms with E-state index >= 15 is 0 Å². The van der Waals surface area contributed by atoms with Gasteiger partial charge < -0.3 is 15.8 Å². The fourth-order valence-electron chi connectivity index (χ4n) is 3.67. The molecular weight excluding hydrogens is 396 g/mol. The number of esters is 1. The predicted molar refractivity (Wildman–Crippen MR) is 127 cm³/mol. The molecule has 0 bridgehead atoms. The number of benzene rings is 1. The second-order valence-electron chi connectivity index (χ2n) is 6.93. The van der Waals surface area contributed by atoms with Crippen molar-refractivity contribution in [2.24, 2.45) is 5.73 Å². The molecule has 1 aromatic rings. The lowest BCUT2D eigenvalue weighted by atomic mass is 9.76. The summed E-state index contributed by atoms with van der Waals surface area (Å²) in [5.74, 6) is -0.606. The molecule has 0 aliphatic carbocycles. The molecule has 1 aliphatic heterocycles. The molecule has 30 heavy (non-hydrogen) atoms. The molecule has 2 rings (SSSR count). The van der Waals surface area contributed by atoms with E-state index in [-0.39, 0.29) is 11.9 Å². The molecule has 1 heterocycles. The van der Waals surface area contributed by atoms with Gasteiger partial charge in [0, 0.05) is 22.3 Å². The van der Waals surface area contributed by atoms with E-state index < -0.39 is 0 Å². The molecule has 0 aromatic heterocycles. The number of nitrogens with one attached hydrogen (secondary N) is 1. The first-order valence-electron chi connectivity index (χ1n) is 11.0. The largest absolute Gasteiger partial charge is 0.463 e. The Bertz CT molecular complexity index is 796. The Hall–Kier alpha value is -2.04. The minimum Gasteiger partial charge on any atom is -0.463 e. The Balaban J connectivity index is 0.00000218. The highest BCUT2D eigenvalue weighted by Crippen LogP contribution is 2.45. The second-order valence-corrected chi connectivity index (χ2v) is 7.34. The number of halogens is 1. The van der Waals surface area contributed by atoms with Crippen molar-refractivity contribution in [2.75, 3.05) is 13.2 Å². The lowest BCUT2D eigenvalue weighted by molar-refractivity contribution is -0.138. The molecule has 0 saturated heterocycles. The van der Waals surface area contributed by atoms with Crippen LogP contribution < -0.4 is 11.1 Å². The number of dihydropyridines is 1. The molecule has 5 heteroatoms. The van der Waals surface area contributed by atoms with E-state index in [1.165, 1.54) is 0 Å². The van der Waals surface area contributed by atoms with Crippen molar-refractivity contribution >= 4 is 17.6 Å². The molecule has 1 unspecified atom stereocenters. The predicted octanol–water partition coefficient (Wildman–Crippen LogP) is 6.24.